The molecule has 2 aliphatic rings. The predicted molar refractivity (Wildman–Crippen MR) is 103 cm³/mol. The number of quaternary nitrogens is 2. The van der Waals surface area contributed by atoms with Gasteiger partial charge in [0, 0.05) is 24.4 Å². The number of hydrogen-bond acceptors (Lipinski definition) is 3. The molecule has 4 N–H and O–H groups in total. The zero-order valence-electron chi connectivity index (χ0n) is 16.2. The molecular formula is C20H32N4O3+2. The van der Waals surface area contributed by atoms with Gasteiger partial charge in [-0.05, 0) is 44.0 Å². The summed E-state index contributed by atoms with van der Waals surface area (Å²) in [5, 5.41) is 5.85. The average Bonchev–Trinajstić information content (AvgIpc) is 3.21. The Labute approximate surface area is 161 Å². The second-order valence-electron chi connectivity index (χ2n) is 7.50. The summed E-state index contributed by atoms with van der Waals surface area (Å²) in [7, 11) is 0. The summed E-state index contributed by atoms with van der Waals surface area (Å²) in [4.78, 5) is 27.4. The minimum absolute atomic E-state index is 0.0283. The summed E-state index contributed by atoms with van der Waals surface area (Å²) in [6.07, 6.45) is 2.20. The van der Waals surface area contributed by atoms with Crippen LogP contribution in [0.1, 0.15) is 30.1 Å². The second kappa shape index (κ2) is 9.82. The number of benzene rings is 1. The van der Waals surface area contributed by atoms with E-state index in [1.807, 2.05) is 0 Å². The number of carbonyl (C=O) groups is 2. The van der Waals surface area contributed by atoms with Crippen molar-refractivity contribution >= 4 is 17.5 Å². The Bertz CT molecular complexity index is 621. The monoisotopic (exact) mass is 376 g/mol. The minimum Gasteiger partial charge on any atom is -0.376 e. The molecule has 0 bridgehead atoms. The highest BCUT2D eigenvalue weighted by atomic mass is 16.5. The van der Waals surface area contributed by atoms with Gasteiger partial charge in [0.15, 0.2) is 6.54 Å². The molecule has 1 aromatic carbocycles. The van der Waals surface area contributed by atoms with Gasteiger partial charge in [0.05, 0.1) is 12.6 Å². The lowest BCUT2D eigenvalue weighted by Gasteiger charge is -2.28. The summed E-state index contributed by atoms with van der Waals surface area (Å²) in [5.41, 5.74) is 1.32. The van der Waals surface area contributed by atoms with E-state index in [4.69, 9.17) is 4.74 Å². The highest BCUT2D eigenvalue weighted by molar-refractivity contribution is 5.96. The molecule has 1 aromatic rings. The van der Waals surface area contributed by atoms with E-state index in [9.17, 15) is 9.59 Å². The van der Waals surface area contributed by atoms with Crippen molar-refractivity contribution in [2.24, 2.45) is 0 Å². The SMILES string of the molecule is CC[NH+]1CC[NH+](CC(=O)Nc2ccc(C(=O)NC[C@H]3CCCO3)cc2)CC1. The van der Waals surface area contributed by atoms with E-state index >= 15 is 0 Å². The normalized spacial score (nSPS) is 25.1. The molecule has 0 saturated carbocycles. The molecule has 2 fully saturated rings. The molecule has 2 amide bonds. The first-order valence-corrected chi connectivity index (χ1v) is 10.1. The van der Waals surface area contributed by atoms with Crippen molar-refractivity contribution in [3.63, 3.8) is 0 Å². The van der Waals surface area contributed by atoms with Crippen molar-refractivity contribution in [1.29, 1.82) is 0 Å². The molecule has 0 unspecified atom stereocenters. The number of nitrogens with one attached hydrogen (secondary N) is 4. The van der Waals surface area contributed by atoms with Crippen LogP contribution in [0.4, 0.5) is 5.69 Å². The lowest BCUT2D eigenvalue weighted by molar-refractivity contribution is -1.01. The van der Waals surface area contributed by atoms with Crippen LogP contribution in [-0.2, 0) is 9.53 Å². The quantitative estimate of drug-likeness (QED) is 0.460. The van der Waals surface area contributed by atoms with Gasteiger partial charge in [-0.25, -0.2) is 0 Å². The first-order chi connectivity index (χ1) is 13.1. The van der Waals surface area contributed by atoms with E-state index in [1.165, 1.54) is 4.90 Å². The van der Waals surface area contributed by atoms with Crippen LogP contribution >= 0.6 is 0 Å². The van der Waals surface area contributed by atoms with Crippen molar-refractivity contribution in [3.8, 4) is 0 Å². The average molecular weight is 377 g/mol. The molecule has 148 valence electrons. The smallest absolute Gasteiger partial charge is 0.279 e. The summed E-state index contributed by atoms with van der Waals surface area (Å²) in [6.45, 7) is 9.55. The van der Waals surface area contributed by atoms with Crippen LogP contribution in [0.3, 0.4) is 0 Å². The predicted octanol–water partition coefficient (Wildman–Crippen LogP) is -1.66. The number of piperazine rings is 1. The third-order valence-corrected chi connectivity index (χ3v) is 5.52. The molecule has 1 atom stereocenters. The standard InChI is InChI=1S/C20H30N4O3/c1-2-23-9-11-24(12-10-23)15-19(25)22-17-7-5-16(6-8-17)20(26)21-14-18-4-3-13-27-18/h5-8,18H,2-4,9-15H2,1H3,(H,21,26)(H,22,25)/p+2/t18-/m1/s1. The Morgan fingerprint density at radius 3 is 2.44 bits per heavy atom. The van der Waals surface area contributed by atoms with E-state index in [0.29, 0.717) is 18.7 Å². The first kappa shape index (κ1) is 19.8. The van der Waals surface area contributed by atoms with Crippen LogP contribution in [0, 0.1) is 0 Å². The number of anilines is 1. The van der Waals surface area contributed by atoms with Gasteiger partial charge in [-0.1, -0.05) is 0 Å². The third-order valence-electron chi connectivity index (χ3n) is 5.52. The molecule has 0 aliphatic carbocycles. The van der Waals surface area contributed by atoms with Gasteiger partial charge in [0.25, 0.3) is 11.8 Å². The van der Waals surface area contributed by atoms with Crippen LogP contribution in [0.2, 0.25) is 0 Å². The highest BCUT2D eigenvalue weighted by Gasteiger charge is 2.23. The fourth-order valence-electron chi connectivity index (χ4n) is 3.74. The van der Waals surface area contributed by atoms with Gasteiger partial charge in [-0.2, -0.15) is 0 Å². The van der Waals surface area contributed by atoms with E-state index in [0.717, 1.165) is 57.9 Å². The fraction of sp³-hybridized carbons (Fsp3) is 0.600. The zero-order valence-corrected chi connectivity index (χ0v) is 16.2. The lowest BCUT2D eigenvalue weighted by Crippen LogP contribution is -3.28. The van der Waals surface area contributed by atoms with Crippen LogP contribution in [0.5, 0.6) is 0 Å². The van der Waals surface area contributed by atoms with Crippen molar-refractivity contribution in [2.75, 3.05) is 57.7 Å². The van der Waals surface area contributed by atoms with Crippen LogP contribution in [0.25, 0.3) is 0 Å². The number of likely N-dealkylation sites (N-methyl/N-ethyl adjacent to an activating group) is 1. The van der Waals surface area contributed by atoms with Crippen LogP contribution < -0.4 is 20.4 Å². The topological polar surface area (TPSA) is 76.3 Å². The van der Waals surface area contributed by atoms with E-state index in [-0.39, 0.29) is 17.9 Å². The molecule has 2 aliphatic heterocycles. The second-order valence-corrected chi connectivity index (χ2v) is 7.50. The molecule has 2 heterocycles. The van der Waals surface area contributed by atoms with E-state index in [2.05, 4.69) is 17.6 Å². The van der Waals surface area contributed by atoms with Crippen molar-refractivity contribution in [2.45, 2.75) is 25.9 Å². The molecular weight excluding hydrogens is 344 g/mol. The van der Waals surface area contributed by atoms with Gasteiger partial charge < -0.3 is 25.2 Å². The molecule has 0 spiro atoms. The van der Waals surface area contributed by atoms with Gasteiger partial charge in [-0.3, -0.25) is 9.59 Å². The largest absolute Gasteiger partial charge is 0.376 e. The Morgan fingerprint density at radius 1 is 1.11 bits per heavy atom. The van der Waals surface area contributed by atoms with Crippen LogP contribution in [-0.4, -0.2) is 70.3 Å². The van der Waals surface area contributed by atoms with E-state index < -0.39 is 0 Å². The number of hydrogen-bond donors (Lipinski definition) is 4. The lowest BCUT2D eigenvalue weighted by atomic mass is 10.2. The number of rotatable bonds is 7. The maximum absolute atomic E-state index is 12.3. The van der Waals surface area contributed by atoms with Gasteiger partial charge in [-0.15, -0.1) is 0 Å². The Hall–Kier alpha value is -1.96. The maximum atomic E-state index is 12.3. The summed E-state index contributed by atoms with van der Waals surface area (Å²) < 4.78 is 5.51. The van der Waals surface area contributed by atoms with Gasteiger partial charge >= 0.3 is 0 Å². The molecule has 0 aromatic heterocycles. The van der Waals surface area contributed by atoms with Crippen molar-refractivity contribution < 1.29 is 24.1 Å². The van der Waals surface area contributed by atoms with Crippen molar-refractivity contribution in [1.82, 2.24) is 5.32 Å². The third kappa shape index (κ3) is 6.02. The molecule has 27 heavy (non-hydrogen) atoms. The number of ether oxygens (including phenoxy) is 1. The van der Waals surface area contributed by atoms with Crippen molar-refractivity contribution in [3.05, 3.63) is 29.8 Å². The number of amides is 2. The molecule has 7 nitrogen and oxygen atoms in total. The summed E-state index contributed by atoms with van der Waals surface area (Å²) in [5.74, 6) is -0.0790. The fourth-order valence-corrected chi connectivity index (χ4v) is 3.74. The van der Waals surface area contributed by atoms with Gasteiger partial charge in [0.1, 0.15) is 26.2 Å². The Morgan fingerprint density at radius 2 is 1.81 bits per heavy atom. The summed E-state index contributed by atoms with van der Waals surface area (Å²) in [6, 6.07) is 7.06. The molecule has 3 rings (SSSR count). The molecule has 0 radical (unpaired) electrons. The zero-order chi connectivity index (χ0) is 19.1. The first-order valence-electron chi connectivity index (χ1n) is 10.1. The highest BCUT2D eigenvalue weighted by Crippen LogP contribution is 2.12. The molecule has 7 heteroatoms. The Balaban J connectivity index is 1.41. The van der Waals surface area contributed by atoms with Crippen LogP contribution in [0.15, 0.2) is 24.3 Å². The Kier molecular flexibility index (Phi) is 7.20. The minimum atomic E-state index is -0.107. The molecule has 2 saturated heterocycles. The number of carbonyl (C=O) groups excluding carboxylic acids is 2. The summed E-state index contributed by atoms with van der Waals surface area (Å²) >= 11 is 0. The van der Waals surface area contributed by atoms with E-state index in [1.54, 1.807) is 29.2 Å². The maximum Gasteiger partial charge on any atom is 0.279 e. The van der Waals surface area contributed by atoms with Gasteiger partial charge in [0.2, 0.25) is 0 Å².